The minimum absolute atomic E-state index is 0.191. The second-order valence-electron chi connectivity index (χ2n) is 4.82. The van der Waals surface area contributed by atoms with Crippen LogP contribution in [0.4, 0.5) is 4.39 Å². The number of imidazole rings is 1. The number of rotatable bonds is 4. The highest BCUT2D eigenvalue weighted by atomic mass is 35.5. The Balaban J connectivity index is 2.08. The molecule has 1 N–H and O–H groups in total. The van der Waals surface area contributed by atoms with E-state index < -0.39 is 5.24 Å². The summed E-state index contributed by atoms with van der Waals surface area (Å²) in [5.74, 6) is 0.797. The summed E-state index contributed by atoms with van der Waals surface area (Å²) in [5, 5.41) is -0.642. The predicted molar refractivity (Wildman–Crippen MR) is 86.2 cm³/mol. The number of hydrogen-bond donors (Lipinski definition) is 1. The molecular formula is C17H12ClFN2O2. The number of ether oxygens (including phenoxy) is 1. The van der Waals surface area contributed by atoms with Gasteiger partial charge in [0.15, 0.2) is 0 Å². The molecule has 0 aliphatic rings. The SMILES string of the molecule is COc1ccc(-c2nc(-c3ccc(F)cc3)[nH]c2C(=O)Cl)cc1. The largest absolute Gasteiger partial charge is 0.497 e. The maximum atomic E-state index is 13.0. The highest BCUT2D eigenvalue weighted by Crippen LogP contribution is 2.28. The van der Waals surface area contributed by atoms with Crippen LogP contribution in [0.1, 0.15) is 10.5 Å². The summed E-state index contributed by atoms with van der Waals surface area (Å²) >= 11 is 5.65. The molecule has 0 aliphatic heterocycles. The Morgan fingerprint density at radius 3 is 2.26 bits per heavy atom. The molecule has 0 atom stereocenters. The number of benzene rings is 2. The summed E-state index contributed by atoms with van der Waals surface area (Å²) in [6.07, 6.45) is 0. The second kappa shape index (κ2) is 6.22. The van der Waals surface area contributed by atoms with Gasteiger partial charge in [0.2, 0.25) is 0 Å². The topological polar surface area (TPSA) is 55.0 Å². The highest BCUT2D eigenvalue weighted by molar-refractivity contribution is 6.68. The average molecular weight is 331 g/mol. The van der Waals surface area contributed by atoms with E-state index in [0.29, 0.717) is 22.8 Å². The number of carbonyl (C=O) groups excluding carboxylic acids is 1. The molecule has 116 valence electrons. The van der Waals surface area contributed by atoms with Gasteiger partial charge in [-0.25, -0.2) is 9.37 Å². The monoisotopic (exact) mass is 330 g/mol. The van der Waals surface area contributed by atoms with E-state index in [-0.39, 0.29) is 11.5 Å². The van der Waals surface area contributed by atoms with E-state index in [1.165, 1.54) is 12.1 Å². The molecule has 6 heteroatoms. The number of H-pyrrole nitrogens is 1. The summed E-state index contributed by atoms with van der Waals surface area (Å²) in [6, 6.07) is 12.9. The standard InChI is InChI=1S/C17H12ClFN2O2/c1-23-13-8-4-10(5-9-13)14-15(16(18)22)21-17(20-14)11-2-6-12(19)7-3-11/h2-9H,1H3,(H,20,21). The number of nitrogens with zero attached hydrogens (tertiary/aromatic N) is 1. The lowest BCUT2D eigenvalue weighted by Gasteiger charge is -2.01. The number of hydrogen-bond acceptors (Lipinski definition) is 3. The van der Waals surface area contributed by atoms with E-state index in [1.54, 1.807) is 43.5 Å². The Morgan fingerprint density at radius 2 is 1.70 bits per heavy atom. The van der Waals surface area contributed by atoms with Crippen LogP contribution in [0.25, 0.3) is 22.6 Å². The lowest BCUT2D eigenvalue weighted by Crippen LogP contribution is -1.93. The van der Waals surface area contributed by atoms with Crippen LogP contribution in [-0.4, -0.2) is 22.3 Å². The van der Waals surface area contributed by atoms with E-state index in [9.17, 15) is 9.18 Å². The Kier molecular flexibility index (Phi) is 4.12. The molecule has 3 rings (SSSR count). The molecule has 1 aromatic heterocycles. The zero-order chi connectivity index (χ0) is 16.4. The van der Waals surface area contributed by atoms with Gasteiger partial charge in [-0.1, -0.05) is 0 Å². The fraction of sp³-hybridized carbons (Fsp3) is 0.0588. The van der Waals surface area contributed by atoms with E-state index >= 15 is 0 Å². The van der Waals surface area contributed by atoms with Gasteiger partial charge in [0, 0.05) is 11.1 Å². The smallest absolute Gasteiger partial charge is 0.270 e. The molecule has 1 heterocycles. The molecule has 0 radical (unpaired) electrons. The minimum Gasteiger partial charge on any atom is -0.497 e. The van der Waals surface area contributed by atoms with Crippen molar-refractivity contribution in [3.63, 3.8) is 0 Å². The third kappa shape index (κ3) is 3.10. The maximum Gasteiger partial charge on any atom is 0.270 e. The third-order valence-corrected chi connectivity index (χ3v) is 3.57. The first-order valence-electron chi connectivity index (χ1n) is 6.78. The predicted octanol–water partition coefficient (Wildman–Crippen LogP) is 4.27. The lowest BCUT2D eigenvalue weighted by molar-refractivity contribution is 0.107. The Labute approximate surface area is 136 Å². The molecule has 0 bridgehead atoms. The fourth-order valence-corrected chi connectivity index (χ4v) is 2.35. The van der Waals surface area contributed by atoms with Crippen LogP contribution in [0.5, 0.6) is 5.75 Å². The first-order valence-corrected chi connectivity index (χ1v) is 7.16. The molecule has 23 heavy (non-hydrogen) atoms. The van der Waals surface area contributed by atoms with Crippen LogP contribution in [0.3, 0.4) is 0 Å². The lowest BCUT2D eigenvalue weighted by atomic mass is 10.1. The zero-order valence-electron chi connectivity index (χ0n) is 12.1. The normalized spacial score (nSPS) is 10.6. The number of nitrogens with one attached hydrogen (secondary N) is 1. The van der Waals surface area contributed by atoms with Crippen LogP contribution in [0.2, 0.25) is 0 Å². The Morgan fingerprint density at radius 1 is 1.09 bits per heavy atom. The Bertz CT molecular complexity index is 842. The molecule has 0 fully saturated rings. The summed E-state index contributed by atoms with van der Waals surface area (Å²) in [4.78, 5) is 19.0. The fourth-order valence-electron chi connectivity index (χ4n) is 2.22. The molecule has 2 aromatic carbocycles. The van der Waals surface area contributed by atoms with Gasteiger partial charge in [0.1, 0.15) is 28.8 Å². The summed E-state index contributed by atoms with van der Waals surface area (Å²) in [6.45, 7) is 0. The minimum atomic E-state index is -0.642. The van der Waals surface area contributed by atoms with Gasteiger partial charge in [-0.05, 0) is 60.1 Å². The summed E-state index contributed by atoms with van der Waals surface area (Å²) in [7, 11) is 1.57. The molecule has 0 unspecified atom stereocenters. The van der Waals surface area contributed by atoms with Crippen molar-refractivity contribution in [2.45, 2.75) is 0 Å². The number of aromatic amines is 1. The molecule has 0 aliphatic carbocycles. The second-order valence-corrected chi connectivity index (χ2v) is 5.16. The van der Waals surface area contributed by atoms with Crippen molar-refractivity contribution in [2.24, 2.45) is 0 Å². The van der Waals surface area contributed by atoms with Gasteiger partial charge in [0.25, 0.3) is 5.24 Å². The van der Waals surface area contributed by atoms with Crippen LogP contribution in [0, 0.1) is 5.82 Å². The van der Waals surface area contributed by atoms with Gasteiger partial charge < -0.3 is 9.72 Å². The van der Waals surface area contributed by atoms with Crippen molar-refractivity contribution >= 4 is 16.8 Å². The highest BCUT2D eigenvalue weighted by Gasteiger charge is 2.18. The van der Waals surface area contributed by atoms with Crippen molar-refractivity contribution in [3.05, 3.63) is 60.0 Å². The number of methoxy groups -OCH3 is 1. The van der Waals surface area contributed by atoms with Crippen molar-refractivity contribution in [1.29, 1.82) is 0 Å². The van der Waals surface area contributed by atoms with Gasteiger partial charge in [-0.3, -0.25) is 4.79 Å². The first kappa shape index (κ1) is 15.2. The van der Waals surface area contributed by atoms with Crippen LogP contribution < -0.4 is 4.74 Å². The summed E-state index contributed by atoms with van der Waals surface area (Å²) in [5.41, 5.74) is 2.01. The molecule has 0 amide bonds. The van der Waals surface area contributed by atoms with Crippen LogP contribution in [0.15, 0.2) is 48.5 Å². The van der Waals surface area contributed by atoms with Crippen molar-refractivity contribution in [2.75, 3.05) is 7.11 Å². The molecule has 0 saturated carbocycles. The zero-order valence-corrected chi connectivity index (χ0v) is 12.9. The van der Waals surface area contributed by atoms with Crippen LogP contribution in [-0.2, 0) is 0 Å². The van der Waals surface area contributed by atoms with Crippen molar-refractivity contribution < 1.29 is 13.9 Å². The van der Waals surface area contributed by atoms with E-state index in [4.69, 9.17) is 16.3 Å². The van der Waals surface area contributed by atoms with E-state index in [2.05, 4.69) is 9.97 Å². The van der Waals surface area contributed by atoms with Crippen LogP contribution >= 0.6 is 11.6 Å². The van der Waals surface area contributed by atoms with Gasteiger partial charge in [0.05, 0.1) is 7.11 Å². The van der Waals surface area contributed by atoms with Gasteiger partial charge >= 0.3 is 0 Å². The van der Waals surface area contributed by atoms with Gasteiger partial charge in [-0.2, -0.15) is 0 Å². The van der Waals surface area contributed by atoms with E-state index in [1.807, 2.05) is 0 Å². The first-order chi connectivity index (χ1) is 11.1. The maximum absolute atomic E-state index is 13.0. The quantitative estimate of drug-likeness (QED) is 0.727. The molecule has 3 aromatic rings. The van der Waals surface area contributed by atoms with Crippen molar-refractivity contribution in [3.8, 4) is 28.4 Å². The van der Waals surface area contributed by atoms with Crippen molar-refractivity contribution in [1.82, 2.24) is 9.97 Å². The molecule has 4 nitrogen and oxygen atoms in total. The average Bonchev–Trinajstić information content (AvgIpc) is 3.01. The number of halogens is 2. The Hall–Kier alpha value is -2.66. The molecule has 0 spiro atoms. The number of carbonyl (C=O) groups is 1. The third-order valence-electron chi connectivity index (χ3n) is 3.38. The molecule has 0 saturated heterocycles. The molecular weight excluding hydrogens is 319 g/mol. The van der Waals surface area contributed by atoms with Gasteiger partial charge in [-0.15, -0.1) is 0 Å². The number of aromatic nitrogens is 2. The van der Waals surface area contributed by atoms with E-state index in [0.717, 1.165) is 5.56 Å². The summed E-state index contributed by atoms with van der Waals surface area (Å²) < 4.78 is 18.1.